The van der Waals surface area contributed by atoms with E-state index < -0.39 is 0 Å². The van der Waals surface area contributed by atoms with Gasteiger partial charge in [0.2, 0.25) is 0 Å². The van der Waals surface area contributed by atoms with Crippen LogP contribution in [0.5, 0.6) is 0 Å². The molecule has 0 unspecified atom stereocenters. The Hall–Kier alpha value is -0.970. The lowest BCUT2D eigenvalue weighted by molar-refractivity contribution is -0.493. The Bertz CT molecular complexity index is 62.4. The SMILES string of the molecule is [N-]=[N+]=NOOO. The summed E-state index contributed by atoms with van der Waals surface area (Å²) in [5, 5.41) is 12.4. The molecule has 0 saturated carbocycles. The fourth-order valence-corrected chi connectivity index (χ4v) is 0.0298. The standard InChI is InChI=1S/HN3O3/c1-2-3-5-6-4/h4H. The smallest absolute Gasteiger partial charge is 0.147 e. The van der Waals surface area contributed by atoms with Crippen molar-refractivity contribution in [3.8, 4) is 0 Å². The molecule has 6 heavy (non-hydrogen) atoms. The molecule has 0 heterocycles. The zero-order valence-corrected chi connectivity index (χ0v) is 2.61. The second kappa shape index (κ2) is 4.03. The van der Waals surface area contributed by atoms with E-state index in [9.17, 15) is 0 Å². The van der Waals surface area contributed by atoms with Gasteiger partial charge >= 0.3 is 0 Å². The fourth-order valence-electron chi connectivity index (χ4n) is 0.0298. The molecule has 0 bridgehead atoms. The first kappa shape index (κ1) is 5.03. The van der Waals surface area contributed by atoms with Crippen molar-refractivity contribution in [2.45, 2.75) is 0 Å². The summed E-state index contributed by atoms with van der Waals surface area (Å²) in [6.07, 6.45) is 0. The minimum atomic E-state index is 2.04. The van der Waals surface area contributed by atoms with E-state index in [1.54, 1.807) is 0 Å². The van der Waals surface area contributed by atoms with Crippen LogP contribution in [0.25, 0.3) is 10.4 Å². The van der Waals surface area contributed by atoms with Crippen molar-refractivity contribution in [3.05, 3.63) is 10.4 Å². The van der Waals surface area contributed by atoms with Gasteiger partial charge in [-0.15, -0.1) is 0 Å². The van der Waals surface area contributed by atoms with E-state index in [2.05, 4.69) is 15.3 Å². The van der Waals surface area contributed by atoms with Crippen LogP contribution in [0.4, 0.5) is 0 Å². The summed E-state index contributed by atoms with van der Waals surface area (Å²) in [6, 6.07) is 0. The lowest BCUT2D eigenvalue weighted by atomic mass is 12.9. The van der Waals surface area contributed by atoms with Gasteiger partial charge in [-0.05, 0) is 10.6 Å². The highest BCUT2D eigenvalue weighted by Gasteiger charge is 1.62. The monoisotopic (exact) mass is 91.0 g/mol. The zero-order chi connectivity index (χ0) is 4.83. The zero-order valence-electron chi connectivity index (χ0n) is 2.61. The van der Waals surface area contributed by atoms with Crippen molar-refractivity contribution in [1.82, 2.24) is 0 Å². The van der Waals surface area contributed by atoms with Crippen LogP contribution in [0.15, 0.2) is 5.28 Å². The molecule has 0 rings (SSSR count). The molecule has 0 aromatic heterocycles. The average molecular weight is 91.0 g/mol. The van der Waals surface area contributed by atoms with Crippen molar-refractivity contribution in [2.75, 3.05) is 0 Å². The highest BCUT2D eigenvalue weighted by atomic mass is 17.5. The molecule has 0 fully saturated rings. The third-order valence-electron chi connectivity index (χ3n) is 0.103. The van der Waals surface area contributed by atoms with E-state index >= 15 is 0 Å². The van der Waals surface area contributed by atoms with Crippen molar-refractivity contribution in [3.63, 3.8) is 0 Å². The fraction of sp³-hybridized carbons (Fsp3) is 0. The Kier molecular flexibility index (Phi) is 3.38. The molecule has 0 aromatic rings. The number of hydrogen-bond acceptors (Lipinski definition) is 4. The molecule has 0 spiro atoms. The lowest BCUT2D eigenvalue weighted by Crippen LogP contribution is -1.72. The predicted molar refractivity (Wildman–Crippen MR) is 13.9 cm³/mol. The second-order valence-corrected chi connectivity index (χ2v) is 0.320. The van der Waals surface area contributed by atoms with Gasteiger partial charge < -0.3 is 0 Å². The van der Waals surface area contributed by atoms with Crippen LogP contribution in [0.2, 0.25) is 0 Å². The molecule has 6 heteroatoms. The third kappa shape index (κ3) is 3.03. The van der Waals surface area contributed by atoms with Crippen LogP contribution in [-0.2, 0) is 10.0 Å². The van der Waals surface area contributed by atoms with E-state index in [1.807, 2.05) is 4.91 Å². The largest absolute Gasteiger partial charge is 0.227 e. The van der Waals surface area contributed by atoms with E-state index in [4.69, 9.17) is 10.8 Å². The minimum Gasteiger partial charge on any atom is -0.227 e. The first-order valence-electron chi connectivity index (χ1n) is 0.932. The van der Waals surface area contributed by atoms with Gasteiger partial charge in [-0.2, -0.15) is 0 Å². The molecule has 0 atom stereocenters. The van der Waals surface area contributed by atoms with E-state index in [0.717, 1.165) is 0 Å². The van der Waals surface area contributed by atoms with Crippen LogP contribution in [0, 0.1) is 0 Å². The molecule has 0 amide bonds. The molecule has 0 aliphatic rings. The average Bonchev–Trinajstić information content (AvgIpc) is 1.61. The highest BCUT2D eigenvalue weighted by Crippen LogP contribution is 1.70. The van der Waals surface area contributed by atoms with Gasteiger partial charge in [0.15, 0.2) is 0 Å². The predicted octanol–water partition coefficient (Wildman–Crippen LogP) is 0.633. The lowest BCUT2D eigenvalue weighted by Gasteiger charge is -1.76. The van der Waals surface area contributed by atoms with Gasteiger partial charge in [0.25, 0.3) is 0 Å². The normalized spacial score (nSPS) is 6.17. The molecular formula is HN3O3. The van der Waals surface area contributed by atoms with E-state index in [0.29, 0.717) is 0 Å². The molecule has 34 valence electrons. The highest BCUT2D eigenvalue weighted by molar-refractivity contribution is 4.26. The summed E-state index contributed by atoms with van der Waals surface area (Å²) >= 11 is 0. The minimum absolute atomic E-state index is 2.04. The molecule has 6 nitrogen and oxygen atoms in total. The molecule has 1 N–H and O–H groups in total. The quantitative estimate of drug-likeness (QED) is 0.178. The van der Waals surface area contributed by atoms with Crippen LogP contribution in [0.1, 0.15) is 0 Å². The summed E-state index contributed by atoms with van der Waals surface area (Å²) in [5.41, 5.74) is 7.34. The number of hydrogen-bond donors (Lipinski definition) is 1. The molecule has 0 aromatic carbocycles. The Morgan fingerprint density at radius 3 is 2.67 bits per heavy atom. The van der Waals surface area contributed by atoms with Gasteiger partial charge in [0.05, 0.1) is 0 Å². The third-order valence-corrected chi connectivity index (χ3v) is 0.103. The van der Waals surface area contributed by atoms with Crippen LogP contribution in [0.3, 0.4) is 0 Å². The van der Waals surface area contributed by atoms with Crippen molar-refractivity contribution in [1.29, 1.82) is 0 Å². The maximum absolute atomic E-state index is 7.34. The van der Waals surface area contributed by atoms with Crippen LogP contribution in [-0.4, -0.2) is 5.26 Å². The van der Waals surface area contributed by atoms with Crippen molar-refractivity contribution >= 4 is 0 Å². The summed E-state index contributed by atoms with van der Waals surface area (Å²) in [5.74, 6) is 0. The van der Waals surface area contributed by atoms with Gasteiger partial charge in [-0.3, -0.25) is 0 Å². The van der Waals surface area contributed by atoms with Gasteiger partial charge in [0, 0.05) is 4.91 Å². The van der Waals surface area contributed by atoms with Gasteiger partial charge in [-0.25, -0.2) is 10.2 Å². The Morgan fingerprint density at radius 1 is 1.83 bits per heavy atom. The van der Waals surface area contributed by atoms with Crippen molar-refractivity contribution in [2.24, 2.45) is 5.28 Å². The first-order chi connectivity index (χ1) is 2.91. The van der Waals surface area contributed by atoms with Crippen molar-refractivity contribution < 1.29 is 15.3 Å². The van der Waals surface area contributed by atoms with Gasteiger partial charge in [0.1, 0.15) is 5.28 Å². The number of rotatable bonds is 2. The summed E-state index contributed by atoms with van der Waals surface area (Å²) in [7, 11) is 0. The van der Waals surface area contributed by atoms with Crippen LogP contribution < -0.4 is 0 Å². The summed E-state index contributed by atoms with van der Waals surface area (Å²) < 4.78 is 0. The maximum Gasteiger partial charge on any atom is 0.147 e. The topological polar surface area (TPSA) is 87.5 Å². The Labute approximate surface area is 32.3 Å². The number of nitrogens with zero attached hydrogens (tertiary/aromatic N) is 3. The molecular weight excluding hydrogens is 90.0 g/mol. The van der Waals surface area contributed by atoms with E-state index in [-0.39, 0.29) is 0 Å². The molecule has 0 aliphatic carbocycles. The molecule has 0 radical (unpaired) electrons. The van der Waals surface area contributed by atoms with Gasteiger partial charge in [-0.1, -0.05) is 0 Å². The Morgan fingerprint density at radius 2 is 2.50 bits per heavy atom. The number of azide groups is 1. The maximum atomic E-state index is 7.34. The van der Waals surface area contributed by atoms with E-state index in [1.165, 1.54) is 0 Å². The summed E-state index contributed by atoms with van der Waals surface area (Å²) in [4.78, 5) is 5.29. The van der Waals surface area contributed by atoms with Crippen LogP contribution >= 0.6 is 0 Å². The second-order valence-electron chi connectivity index (χ2n) is 0.320. The molecule has 0 aliphatic heterocycles. The summed E-state index contributed by atoms with van der Waals surface area (Å²) in [6.45, 7) is 0. The first-order valence-corrected chi connectivity index (χ1v) is 0.932. The Balaban J connectivity index is 2.86. The molecule has 0 saturated heterocycles.